The number of thioether (sulfide) groups is 1. The Bertz CT molecular complexity index is 632. The summed E-state index contributed by atoms with van der Waals surface area (Å²) in [6.45, 7) is 0.201. The second-order valence-electron chi connectivity index (χ2n) is 5.06. The van der Waals surface area contributed by atoms with Crippen LogP contribution in [0.2, 0.25) is 0 Å². The smallest absolute Gasteiger partial charge is 1.00 e. The molecule has 118 valence electrons. The zero-order chi connectivity index (χ0) is 15.4. The summed E-state index contributed by atoms with van der Waals surface area (Å²) in [5, 5.41) is 2.45. The molecule has 3 amide bonds. The molecule has 22 heavy (non-hydrogen) atoms. The molecule has 0 spiro atoms. The van der Waals surface area contributed by atoms with Crippen LogP contribution in [-0.4, -0.2) is 69.7 Å². The minimum atomic E-state index is -4.58. The monoisotopic (exact) mass is 359 g/mol. The number of β-lactam (4-membered cyclic amide) rings is 1. The molecule has 12 heteroatoms. The summed E-state index contributed by atoms with van der Waals surface area (Å²) in [5.74, 6) is -0.173. The van der Waals surface area contributed by atoms with E-state index >= 15 is 0 Å². The second kappa shape index (κ2) is 6.29. The molecule has 0 aromatic carbocycles. The van der Waals surface area contributed by atoms with Crippen LogP contribution in [0, 0.1) is 0 Å². The largest absolute Gasteiger partial charge is 1.00 e. The zero-order valence-electron chi connectivity index (χ0n) is 12.8. The van der Waals surface area contributed by atoms with Crippen LogP contribution in [0.15, 0.2) is 0 Å². The molecule has 3 aliphatic rings. The molecule has 0 radical (unpaired) electrons. The third-order valence-corrected chi connectivity index (χ3v) is 5.84. The third kappa shape index (κ3) is 2.89. The van der Waals surface area contributed by atoms with Crippen molar-refractivity contribution >= 4 is 39.1 Å². The van der Waals surface area contributed by atoms with Gasteiger partial charge in [0.25, 0.3) is 5.91 Å². The maximum Gasteiger partial charge on any atom is 1.00 e. The Balaban J connectivity index is 0.00000132. The van der Waals surface area contributed by atoms with Gasteiger partial charge in [-0.2, -0.15) is 8.42 Å². The van der Waals surface area contributed by atoms with Gasteiger partial charge in [-0.25, -0.2) is 9.10 Å². The molecule has 3 heterocycles. The summed E-state index contributed by atoms with van der Waals surface area (Å²) in [4.78, 5) is 36.6. The van der Waals surface area contributed by atoms with Crippen LogP contribution < -0.4 is 34.9 Å². The van der Waals surface area contributed by atoms with Gasteiger partial charge in [-0.1, -0.05) is 11.8 Å². The molecule has 9 nitrogen and oxygen atoms in total. The fraction of sp³-hybridized carbons (Fsp3) is 0.700. The first-order valence-electron chi connectivity index (χ1n) is 6.35. The van der Waals surface area contributed by atoms with Crippen LogP contribution in [0.3, 0.4) is 0 Å². The first-order chi connectivity index (χ1) is 9.80. The molecule has 0 aromatic heterocycles. The van der Waals surface area contributed by atoms with Crippen molar-refractivity contribution < 1.29 is 58.3 Å². The Morgan fingerprint density at radius 3 is 2.59 bits per heavy atom. The SMILES string of the molecule is O=C1SCCC1NC(=O)N1CC[C@@H]2[C@H]1C(=O)N2S(=O)(=O)O.[H-].[Na+]. The summed E-state index contributed by atoms with van der Waals surface area (Å²) >= 11 is 1.15. The molecule has 2 N–H and O–H groups in total. The number of hydrogen-bond acceptors (Lipinski definition) is 6. The van der Waals surface area contributed by atoms with Crippen molar-refractivity contribution in [3.05, 3.63) is 0 Å². The van der Waals surface area contributed by atoms with E-state index in [9.17, 15) is 22.8 Å². The fourth-order valence-electron chi connectivity index (χ4n) is 2.90. The van der Waals surface area contributed by atoms with E-state index in [-0.39, 0.29) is 49.1 Å². The van der Waals surface area contributed by atoms with Gasteiger partial charge in [0, 0.05) is 12.3 Å². The van der Waals surface area contributed by atoms with Crippen molar-refractivity contribution in [3.63, 3.8) is 0 Å². The molecule has 0 saturated carbocycles. The Morgan fingerprint density at radius 2 is 2.05 bits per heavy atom. The van der Waals surface area contributed by atoms with Crippen molar-refractivity contribution in [1.29, 1.82) is 0 Å². The first-order valence-corrected chi connectivity index (χ1v) is 8.73. The summed E-state index contributed by atoms with van der Waals surface area (Å²) in [7, 11) is -4.58. The van der Waals surface area contributed by atoms with Gasteiger partial charge >= 0.3 is 45.9 Å². The number of carbonyl (C=O) groups is 3. The molecule has 3 atom stereocenters. The van der Waals surface area contributed by atoms with Crippen LogP contribution in [0.4, 0.5) is 4.79 Å². The van der Waals surface area contributed by atoms with Crippen molar-refractivity contribution in [2.75, 3.05) is 12.3 Å². The summed E-state index contributed by atoms with van der Waals surface area (Å²) in [6, 6.07) is -2.70. The molecule has 3 saturated heterocycles. The molecular formula is C10H14N3NaO6S2. The van der Waals surface area contributed by atoms with Gasteiger partial charge in [-0.15, -0.1) is 0 Å². The molecule has 3 rings (SSSR count). The van der Waals surface area contributed by atoms with E-state index in [4.69, 9.17) is 4.55 Å². The van der Waals surface area contributed by atoms with Gasteiger partial charge in [0.05, 0.1) is 6.04 Å². The number of likely N-dealkylation sites (tertiary alicyclic amines) is 1. The number of urea groups is 1. The van der Waals surface area contributed by atoms with Gasteiger partial charge in [0.15, 0.2) is 0 Å². The van der Waals surface area contributed by atoms with Gasteiger partial charge in [0.2, 0.25) is 5.12 Å². The summed E-state index contributed by atoms with van der Waals surface area (Å²) in [6.07, 6.45) is 0.819. The van der Waals surface area contributed by atoms with E-state index in [0.717, 1.165) is 11.8 Å². The Labute approximate surface area is 154 Å². The fourth-order valence-corrected chi connectivity index (χ4v) is 4.73. The maximum atomic E-state index is 12.1. The van der Waals surface area contributed by atoms with Gasteiger partial charge in [0.1, 0.15) is 12.1 Å². The number of carbonyl (C=O) groups excluding carboxylic acids is 3. The maximum absolute atomic E-state index is 12.1. The third-order valence-electron chi connectivity index (χ3n) is 3.88. The van der Waals surface area contributed by atoms with Gasteiger partial charge < -0.3 is 11.6 Å². The standard InChI is InChI=1S/C10H13N3O6S2.Na.H/c14-8-7-6(13(8)21(17,18)19)1-3-12(7)10(16)11-5-2-4-20-9(5)15;;/h5-7H,1-4H2,(H,11,16)(H,17,18,19);;/q;+1;-1/t5?,6-,7+;;/m1../s1. The van der Waals surface area contributed by atoms with E-state index in [1.807, 2.05) is 0 Å². The van der Waals surface area contributed by atoms with E-state index < -0.39 is 40.4 Å². The topological polar surface area (TPSA) is 124 Å². The number of fused-ring (bicyclic) bond motifs is 1. The molecule has 1 unspecified atom stereocenters. The van der Waals surface area contributed by atoms with E-state index in [0.29, 0.717) is 16.5 Å². The molecular weight excluding hydrogens is 345 g/mol. The number of rotatable bonds is 2. The van der Waals surface area contributed by atoms with Gasteiger partial charge in [-0.3, -0.25) is 14.1 Å². The van der Waals surface area contributed by atoms with Crippen molar-refractivity contribution in [2.45, 2.75) is 31.0 Å². The number of nitrogens with one attached hydrogen (secondary N) is 1. The molecule has 3 fully saturated rings. The molecule has 0 aliphatic carbocycles. The molecule has 3 aliphatic heterocycles. The Kier molecular flexibility index (Phi) is 5.15. The summed E-state index contributed by atoms with van der Waals surface area (Å²) < 4.78 is 31.5. The zero-order valence-corrected chi connectivity index (χ0v) is 15.4. The van der Waals surface area contributed by atoms with Crippen molar-refractivity contribution in [1.82, 2.24) is 14.5 Å². The predicted octanol–water partition coefficient (Wildman–Crippen LogP) is -4.07. The van der Waals surface area contributed by atoms with Crippen LogP contribution >= 0.6 is 11.8 Å². The normalized spacial score (nSPS) is 30.7. The minimum absolute atomic E-state index is 0. The second-order valence-corrected chi connectivity index (χ2v) is 7.45. The van der Waals surface area contributed by atoms with Crippen molar-refractivity contribution in [2.24, 2.45) is 0 Å². The number of hydrogen-bond donors (Lipinski definition) is 2. The Morgan fingerprint density at radius 1 is 1.36 bits per heavy atom. The van der Waals surface area contributed by atoms with E-state index in [1.165, 1.54) is 4.90 Å². The number of nitrogens with zero attached hydrogens (tertiary/aromatic N) is 2. The Hall–Kier alpha value is -0.330. The van der Waals surface area contributed by atoms with Crippen LogP contribution in [0.5, 0.6) is 0 Å². The van der Waals surface area contributed by atoms with E-state index in [1.54, 1.807) is 0 Å². The average molecular weight is 359 g/mol. The molecule has 0 bridgehead atoms. The van der Waals surface area contributed by atoms with Crippen LogP contribution in [0.25, 0.3) is 0 Å². The summed E-state index contributed by atoms with van der Waals surface area (Å²) in [5.41, 5.74) is 0. The first kappa shape index (κ1) is 18.0. The van der Waals surface area contributed by atoms with Crippen molar-refractivity contribution in [3.8, 4) is 0 Å². The van der Waals surface area contributed by atoms with E-state index in [2.05, 4.69) is 5.32 Å². The quantitative estimate of drug-likeness (QED) is 0.292. The van der Waals surface area contributed by atoms with Gasteiger partial charge in [-0.05, 0) is 12.8 Å². The minimum Gasteiger partial charge on any atom is -1.00 e. The molecule has 0 aromatic rings. The van der Waals surface area contributed by atoms with Crippen LogP contribution in [-0.2, 0) is 19.9 Å². The van der Waals surface area contributed by atoms with Crippen LogP contribution in [0.1, 0.15) is 14.3 Å². The average Bonchev–Trinajstić information content (AvgIpc) is 2.92. The predicted molar refractivity (Wildman–Crippen MR) is 72.8 cm³/mol. The number of amides is 3.